The maximum atomic E-state index is 8.60. The van der Waals surface area contributed by atoms with Crippen molar-refractivity contribution in [3.63, 3.8) is 0 Å². The summed E-state index contributed by atoms with van der Waals surface area (Å²) in [5.41, 5.74) is 0.397. The van der Waals surface area contributed by atoms with Crippen molar-refractivity contribution in [2.24, 2.45) is 0 Å². The van der Waals surface area contributed by atoms with Gasteiger partial charge in [-0.15, -0.1) is 0 Å². The van der Waals surface area contributed by atoms with Gasteiger partial charge in [0.2, 0.25) is 0 Å². The van der Waals surface area contributed by atoms with E-state index in [2.05, 4.69) is 11.3 Å². The van der Waals surface area contributed by atoms with Crippen molar-refractivity contribution in [3.05, 3.63) is 16.9 Å². The number of hydrogen-bond donors (Lipinski definition) is 0. The van der Waals surface area contributed by atoms with E-state index in [1.165, 1.54) is 0 Å². The van der Waals surface area contributed by atoms with Crippen molar-refractivity contribution >= 4 is 11.6 Å². The summed E-state index contributed by atoms with van der Waals surface area (Å²) in [5.74, 6) is 0. The minimum absolute atomic E-state index is 0.306. The van der Waals surface area contributed by atoms with Gasteiger partial charge in [-0.1, -0.05) is 18.5 Å². The van der Waals surface area contributed by atoms with E-state index in [1.54, 1.807) is 4.68 Å². The summed E-state index contributed by atoms with van der Waals surface area (Å²) in [4.78, 5) is 0. The van der Waals surface area contributed by atoms with Gasteiger partial charge in [0.1, 0.15) is 17.3 Å². The summed E-state index contributed by atoms with van der Waals surface area (Å²) in [5, 5.41) is 12.7. The lowest BCUT2D eigenvalue weighted by atomic mass is 10.4. The molecule has 0 bridgehead atoms. The molecule has 0 aliphatic carbocycles. The highest BCUT2D eigenvalue weighted by Crippen LogP contribution is 2.12. The van der Waals surface area contributed by atoms with E-state index in [-0.39, 0.29) is 0 Å². The first-order valence-electron chi connectivity index (χ1n) is 3.33. The molecule has 1 radical (unpaired) electrons. The topological polar surface area (TPSA) is 41.6 Å². The summed E-state index contributed by atoms with van der Waals surface area (Å²) < 4.78 is 1.56. The van der Waals surface area contributed by atoms with Crippen LogP contribution in [0.25, 0.3) is 0 Å². The number of halogens is 1. The molecule has 0 atom stereocenters. The Morgan fingerprint density at radius 1 is 1.82 bits per heavy atom. The van der Waals surface area contributed by atoms with E-state index in [9.17, 15) is 0 Å². The highest BCUT2D eigenvalue weighted by atomic mass is 35.5. The lowest BCUT2D eigenvalue weighted by Crippen LogP contribution is -2.01. The van der Waals surface area contributed by atoms with E-state index in [0.717, 1.165) is 6.42 Å². The van der Waals surface area contributed by atoms with E-state index in [4.69, 9.17) is 16.9 Å². The number of hydrogen-bond acceptors (Lipinski definition) is 2. The molecule has 0 amide bonds. The third-order valence-electron chi connectivity index (χ3n) is 1.28. The molecule has 0 unspecified atom stereocenters. The molecule has 0 spiro atoms. The Kier molecular flexibility index (Phi) is 2.50. The molecule has 57 valence electrons. The Labute approximate surface area is 70.2 Å². The first kappa shape index (κ1) is 8.09. The fourth-order valence-electron chi connectivity index (χ4n) is 0.801. The van der Waals surface area contributed by atoms with Gasteiger partial charge in [-0.05, 0) is 6.42 Å². The predicted octanol–water partition coefficient (Wildman–Crippen LogP) is 1.62. The van der Waals surface area contributed by atoms with Crippen LogP contribution in [0.3, 0.4) is 0 Å². The number of rotatable bonds is 2. The van der Waals surface area contributed by atoms with Gasteiger partial charge in [0.05, 0.1) is 0 Å². The predicted molar refractivity (Wildman–Crippen MR) is 41.1 cm³/mol. The normalized spacial score (nSPS) is 9.55. The molecule has 1 rings (SSSR count). The molecule has 4 heteroatoms. The minimum atomic E-state index is 0.306. The fraction of sp³-hybridized carbons (Fsp3) is 0.429. The van der Waals surface area contributed by atoms with Crippen LogP contribution in [-0.4, -0.2) is 9.78 Å². The third-order valence-corrected chi connectivity index (χ3v) is 1.54. The standard InChI is InChI=1S/C7H7ClN3/c1-2-3-11-7(4-9)6(8)5-10-11/h2-3H2,1H3. The van der Waals surface area contributed by atoms with E-state index in [1.807, 2.05) is 13.0 Å². The average molecular weight is 169 g/mol. The number of aromatic nitrogens is 2. The van der Waals surface area contributed by atoms with Gasteiger partial charge in [-0.3, -0.25) is 4.68 Å². The second-order valence-electron chi connectivity index (χ2n) is 2.11. The molecule has 0 aliphatic rings. The molecule has 0 fully saturated rings. The van der Waals surface area contributed by atoms with Crippen LogP contribution in [0.1, 0.15) is 19.0 Å². The van der Waals surface area contributed by atoms with Gasteiger partial charge in [-0.2, -0.15) is 10.4 Å². The molecular formula is C7H7ClN3. The molecular weight excluding hydrogens is 162 g/mol. The number of aryl methyl sites for hydroxylation is 1. The molecule has 0 N–H and O–H groups in total. The molecule has 0 aliphatic heterocycles. The Hall–Kier alpha value is -1.01. The van der Waals surface area contributed by atoms with E-state index in [0.29, 0.717) is 17.3 Å². The Bertz CT molecular complexity index is 284. The summed E-state index contributed by atoms with van der Waals surface area (Å²) in [6, 6.07) is 1.97. The molecule has 0 aromatic carbocycles. The third kappa shape index (κ3) is 1.52. The number of nitrogens with zero attached hydrogens (tertiary/aromatic N) is 3. The second-order valence-corrected chi connectivity index (χ2v) is 2.49. The van der Waals surface area contributed by atoms with Gasteiger partial charge in [-0.25, -0.2) is 0 Å². The maximum Gasteiger partial charge on any atom is 0.157 e. The van der Waals surface area contributed by atoms with Crippen LogP contribution in [0.4, 0.5) is 0 Å². The fourth-order valence-corrected chi connectivity index (χ4v) is 0.979. The van der Waals surface area contributed by atoms with Crippen LogP contribution in [0.5, 0.6) is 0 Å². The zero-order valence-electron chi connectivity index (χ0n) is 6.13. The summed E-state index contributed by atoms with van der Waals surface area (Å²) in [6.07, 6.45) is 3.46. The van der Waals surface area contributed by atoms with Gasteiger partial charge < -0.3 is 0 Å². The SMILES string of the molecule is CCCn1n[c]c(Cl)c1C#N. The second kappa shape index (κ2) is 3.40. The lowest BCUT2D eigenvalue weighted by molar-refractivity contribution is 0.595. The first-order chi connectivity index (χ1) is 5.29. The van der Waals surface area contributed by atoms with Crippen LogP contribution in [0.2, 0.25) is 5.02 Å². The lowest BCUT2D eigenvalue weighted by Gasteiger charge is -1.97. The van der Waals surface area contributed by atoms with Crippen molar-refractivity contribution in [1.29, 1.82) is 5.26 Å². The molecule has 3 nitrogen and oxygen atoms in total. The number of nitriles is 1. The molecule has 11 heavy (non-hydrogen) atoms. The van der Waals surface area contributed by atoms with Crippen molar-refractivity contribution in [1.82, 2.24) is 9.78 Å². The van der Waals surface area contributed by atoms with Crippen molar-refractivity contribution in [2.45, 2.75) is 19.9 Å². The van der Waals surface area contributed by atoms with E-state index < -0.39 is 0 Å². The van der Waals surface area contributed by atoms with Gasteiger partial charge in [0.25, 0.3) is 0 Å². The van der Waals surface area contributed by atoms with Gasteiger partial charge >= 0.3 is 0 Å². The highest BCUT2D eigenvalue weighted by Gasteiger charge is 2.06. The average Bonchev–Trinajstić information content (AvgIpc) is 2.33. The van der Waals surface area contributed by atoms with Gasteiger partial charge in [0.15, 0.2) is 5.69 Å². The summed E-state index contributed by atoms with van der Waals surface area (Å²) in [7, 11) is 0. The summed E-state index contributed by atoms with van der Waals surface area (Å²) in [6.45, 7) is 2.73. The van der Waals surface area contributed by atoms with Gasteiger partial charge in [0, 0.05) is 6.54 Å². The minimum Gasteiger partial charge on any atom is -0.253 e. The van der Waals surface area contributed by atoms with Crippen LogP contribution in [0.15, 0.2) is 0 Å². The maximum absolute atomic E-state index is 8.60. The Morgan fingerprint density at radius 2 is 2.55 bits per heavy atom. The first-order valence-corrected chi connectivity index (χ1v) is 3.71. The smallest absolute Gasteiger partial charge is 0.157 e. The van der Waals surface area contributed by atoms with Crippen LogP contribution in [0, 0.1) is 17.5 Å². The largest absolute Gasteiger partial charge is 0.253 e. The van der Waals surface area contributed by atoms with Crippen LogP contribution in [-0.2, 0) is 6.54 Å². The molecule has 1 aromatic rings. The van der Waals surface area contributed by atoms with Crippen molar-refractivity contribution < 1.29 is 0 Å². The molecule has 1 aromatic heterocycles. The monoisotopic (exact) mass is 168 g/mol. The zero-order valence-corrected chi connectivity index (χ0v) is 6.89. The Balaban J connectivity index is 2.98. The van der Waals surface area contributed by atoms with Crippen LogP contribution >= 0.6 is 11.6 Å². The van der Waals surface area contributed by atoms with Crippen molar-refractivity contribution in [3.8, 4) is 6.07 Å². The van der Waals surface area contributed by atoms with Crippen LogP contribution < -0.4 is 0 Å². The summed E-state index contributed by atoms with van der Waals surface area (Å²) >= 11 is 5.62. The van der Waals surface area contributed by atoms with Crippen molar-refractivity contribution in [2.75, 3.05) is 0 Å². The molecule has 0 saturated heterocycles. The molecule has 0 saturated carbocycles. The Morgan fingerprint density at radius 3 is 3.09 bits per heavy atom. The molecule has 1 heterocycles. The van der Waals surface area contributed by atoms with E-state index >= 15 is 0 Å². The quantitative estimate of drug-likeness (QED) is 0.674. The highest BCUT2D eigenvalue weighted by molar-refractivity contribution is 6.31. The zero-order chi connectivity index (χ0) is 8.27.